The van der Waals surface area contributed by atoms with E-state index in [2.05, 4.69) is 15.8 Å². The van der Waals surface area contributed by atoms with Crippen molar-refractivity contribution in [2.45, 2.75) is 20.3 Å². The summed E-state index contributed by atoms with van der Waals surface area (Å²) in [5.74, 6) is 1.35. The Morgan fingerprint density at radius 3 is 2.32 bits per heavy atom. The van der Waals surface area contributed by atoms with Crippen LogP contribution >= 0.6 is 12.2 Å². The third-order valence-corrected chi connectivity index (χ3v) is 3.85. The lowest BCUT2D eigenvalue weighted by atomic mass is 10.1. The molecule has 0 heterocycles. The summed E-state index contributed by atoms with van der Waals surface area (Å²) in [6.45, 7) is 4.08. The summed E-state index contributed by atoms with van der Waals surface area (Å²) >= 11 is 5.30. The lowest BCUT2D eigenvalue weighted by molar-refractivity contribution is 0.355. The number of nitrogens with zero attached hydrogens (tertiary/aromatic N) is 1. The summed E-state index contributed by atoms with van der Waals surface area (Å²) in [7, 11) is 3.23. The Hall–Kier alpha value is -2.60. The Morgan fingerprint density at radius 1 is 1.04 bits per heavy atom. The lowest BCUT2D eigenvalue weighted by Crippen LogP contribution is -2.25. The zero-order valence-electron chi connectivity index (χ0n) is 14.9. The summed E-state index contributed by atoms with van der Waals surface area (Å²) in [5.41, 5.74) is 6.83. The monoisotopic (exact) mass is 357 g/mol. The molecule has 2 N–H and O–H groups in total. The highest BCUT2D eigenvalue weighted by Crippen LogP contribution is 2.28. The fraction of sp³-hybridized carbons (Fsp3) is 0.263. The van der Waals surface area contributed by atoms with E-state index < -0.39 is 0 Å². The van der Waals surface area contributed by atoms with Crippen LogP contribution in [0.15, 0.2) is 47.6 Å². The van der Waals surface area contributed by atoms with Crippen molar-refractivity contribution in [2.75, 3.05) is 19.5 Å². The van der Waals surface area contributed by atoms with Crippen LogP contribution in [0.3, 0.4) is 0 Å². The van der Waals surface area contributed by atoms with Crippen LogP contribution < -0.4 is 20.2 Å². The lowest BCUT2D eigenvalue weighted by Gasteiger charge is -2.12. The number of thiocarbonyl (C=S) groups is 1. The molecule has 2 rings (SSSR count). The second kappa shape index (κ2) is 9.03. The molecule has 0 aliphatic carbocycles. The number of anilines is 1. The van der Waals surface area contributed by atoms with E-state index in [1.54, 1.807) is 14.2 Å². The zero-order valence-corrected chi connectivity index (χ0v) is 15.7. The van der Waals surface area contributed by atoms with Crippen LogP contribution in [0, 0.1) is 6.92 Å². The summed E-state index contributed by atoms with van der Waals surface area (Å²) < 4.78 is 10.6. The molecule has 0 spiro atoms. The van der Waals surface area contributed by atoms with Crippen molar-refractivity contribution in [3.05, 3.63) is 53.6 Å². The molecule has 0 radical (unpaired) electrons. The highest BCUT2D eigenvalue weighted by Gasteiger charge is 2.08. The molecule has 0 bridgehead atoms. The molecule has 25 heavy (non-hydrogen) atoms. The molecule has 0 fully saturated rings. The molecule has 0 aliphatic heterocycles. The third kappa shape index (κ3) is 5.19. The summed E-state index contributed by atoms with van der Waals surface area (Å²) in [5, 5.41) is 7.97. The minimum absolute atomic E-state index is 0.440. The van der Waals surface area contributed by atoms with Gasteiger partial charge in [0.05, 0.1) is 19.9 Å². The van der Waals surface area contributed by atoms with Gasteiger partial charge < -0.3 is 14.8 Å². The van der Waals surface area contributed by atoms with E-state index in [9.17, 15) is 0 Å². The van der Waals surface area contributed by atoms with Crippen molar-refractivity contribution >= 4 is 28.7 Å². The second-order valence-electron chi connectivity index (χ2n) is 5.41. The zero-order chi connectivity index (χ0) is 18.2. The predicted octanol–water partition coefficient (Wildman–Crippen LogP) is 4.11. The van der Waals surface area contributed by atoms with Gasteiger partial charge in [0.15, 0.2) is 16.6 Å². The van der Waals surface area contributed by atoms with Gasteiger partial charge in [0, 0.05) is 11.3 Å². The van der Waals surface area contributed by atoms with Gasteiger partial charge in [-0.2, -0.15) is 5.10 Å². The fourth-order valence-electron chi connectivity index (χ4n) is 2.28. The Kier molecular flexibility index (Phi) is 6.77. The Morgan fingerprint density at radius 2 is 1.72 bits per heavy atom. The number of aryl methyl sites for hydroxylation is 1. The van der Waals surface area contributed by atoms with Gasteiger partial charge in [-0.15, -0.1) is 0 Å². The number of rotatable bonds is 6. The van der Waals surface area contributed by atoms with E-state index >= 15 is 0 Å². The van der Waals surface area contributed by atoms with Gasteiger partial charge in [0.25, 0.3) is 0 Å². The van der Waals surface area contributed by atoms with Crippen molar-refractivity contribution in [1.82, 2.24) is 5.43 Å². The normalized spacial score (nSPS) is 11.0. The number of hydrogen-bond donors (Lipinski definition) is 2. The molecule has 6 heteroatoms. The molecule has 0 amide bonds. The Labute approximate surface area is 154 Å². The summed E-state index contributed by atoms with van der Waals surface area (Å²) in [4.78, 5) is 0. The maximum atomic E-state index is 5.35. The van der Waals surface area contributed by atoms with Gasteiger partial charge >= 0.3 is 0 Å². The predicted molar refractivity (Wildman–Crippen MR) is 107 cm³/mol. The molecule has 132 valence electrons. The van der Waals surface area contributed by atoms with Crippen LogP contribution in [0.2, 0.25) is 0 Å². The standard InChI is InChI=1S/C19H23N3O2S/c1-5-16(14-8-11-17(23-3)18(12-14)24-4)21-22-19(25)20-15-9-6-13(2)7-10-15/h6-12H,5H2,1-4H3,(H2,20,22,25). The molecular weight excluding hydrogens is 334 g/mol. The van der Waals surface area contributed by atoms with Crippen molar-refractivity contribution in [3.8, 4) is 11.5 Å². The largest absolute Gasteiger partial charge is 0.493 e. The van der Waals surface area contributed by atoms with Crippen LogP contribution in [-0.2, 0) is 0 Å². The molecule has 2 aromatic rings. The first-order chi connectivity index (χ1) is 12.1. The van der Waals surface area contributed by atoms with E-state index in [4.69, 9.17) is 21.7 Å². The van der Waals surface area contributed by atoms with Gasteiger partial charge in [-0.25, -0.2) is 0 Å². The quantitative estimate of drug-likeness (QED) is 0.463. The minimum atomic E-state index is 0.440. The second-order valence-corrected chi connectivity index (χ2v) is 5.82. The van der Waals surface area contributed by atoms with E-state index in [-0.39, 0.29) is 0 Å². The number of hydrogen-bond acceptors (Lipinski definition) is 4. The van der Waals surface area contributed by atoms with Gasteiger partial charge in [0.2, 0.25) is 0 Å². The maximum Gasteiger partial charge on any atom is 0.191 e. The smallest absolute Gasteiger partial charge is 0.191 e. The fourth-order valence-corrected chi connectivity index (χ4v) is 2.44. The van der Waals surface area contributed by atoms with E-state index in [1.165, 1.54) is 5.56 Å². The van der Waals surface area contributed by atoms with E-state index in [0.717, 1.165) is 23.4 Å². The van der Waals surface area contributed by atoms with Crippen molar-refractivity contribution in [1.29, 1.82) is 0 Å². The van der Waals surface area contributed by atoms with Gasteiger partial charge in [-0.1, -0.05) is 24.6 Å². The van der Waals surface area contributed by atoms with Crippen molar-refractivity contribution in [2.24, 2.45) is 5.10 Å². The molecule has 0 saturated carbocycles. The first kappa shape index (κ1) is 18.7. The molecule has 0 unspecified atom stereocenters. The van der Waals surface area contributed by atoms with Gasteiger partial charge in [-0.05, 0) is 55.9 Å². The molecule has 0 aliphatic rings. The van der Waals surface area contributed by atoms with Gasteiger partial charge in [0.1, 0.15) is 0 Å². The summed E-state index contributed by atoms with van der Waals surface area (Å²) in [6, 6.07) is 13.7. The van der Waals surface area contributed by atoms with Crippen molar-refractivity contribution in [3.63, 3.8) is 0 Å². The molecular formula is C19H23N3O2S. The summed E-state index contributed by atoms with van der Waals surface area (Å²) in [6.07, 6.45) is 0.746. The number of methoxy groups -OCH3 is 2. The molecule has 0 saturated heterocycles. The van der Waals surface area contributed by atoms with Gasteiger partial charge in [-0.3, -0.25) is 5.43 Å². The van der Waals surface area contributed by atoms with Crippen LogP contribution in [0.5, 0.6) is 11.5 Å². The van der Waals surface area contributed by atoms with Crippen LogP contribution in [0.25, 0.3) is 0 Å². The van der Waals surface area contributed by atoms with E-state index in [0.29, 0.717) is 16.6 Å². The van der Waals surface area contributed by atoms with Crippen LogP contribution in [0.1, 0.15) is 24.5 Å². The number of hydrazone groups is 1. The number of nitrogens with one attached hydrogen (secondary N) is 2. The Balaban J connectivity index is 2.09. The first-order valence-electron chi connectivity index (χ1n) is 8.00. The molecule has 5 nitrogen and oxygen atoms in total. The Bertz CT molecular complexity index is 758. The average molecular weight is 357 g/mol. The SMILES string of the molecule is CCC(=NNC(=S)Nc1ccc(C)cc1)c1ccc(OC)c(OC)c1. The highest BCUT2D eigenvalue weighted by molar-refractivity contribution is 7.80. The maximum absolute atomic E-state index is 5.35. The highest BCUT2D eigenvalue weighted by atomic mass is 32.1. The number of ether oxygens (including phenoxy) is 2. The third-order valence-electron chi connectivity index (χ3n) is 3.65. The topological polar surface area (TPSA) is 54.9 Å². The number of benzene rings is 2. The molecule has 0 atom stereocenters. The van der Waals surface area contributed by atoms with Crippen LogP contribution in [0.4, 0.5) is 5.69 Å². The van der Waals surface area contributed by atoms with Crippen molar-refractivity contribution < 1.29 is 9.47 Å². The molecule has 2 aromatic carbocycles. The van der Waals surface area contributed by atoms with E-state index in [1.807, 2.05) is 56.3 Å². The first-order valence-corrected chi connectivity index (χ1v) is 8.40. The molecule has 0 aromatic heterocycles. The van der Waals surface area contributed by atoms with Crippen LogP contribution in [-0.4, -0.2) is 25.0 Å². The minimum Gasteiger partial charge on any atom is -0.493 e. The average Bonchev–Trinajstić information content (AvgIpc) is 2.63.